The number of likely N-dealkylation sites (tertiary alicyclic amines) is 1. The zero-order chi connectivity index (χ0) is 15.4. The average molecular weight is 322 g/mol. The lowest BCUT2D eigenvalue weighted by Gasteiger charge is -2.37. The maximum atomic E-state index is 12.8. The van der Waals surface area contributed by atoms with Gasteiger partial charge in [0, 0.05) is 37.1 Å². The van der Waals surface area contributed by atoms with E-state index < -0.39 is 0 Å². The van der Waals surface area contributed by atoms with Crippen molar-refractivity contribution in [2.75, 3.05) is 39.4 Å². The molecule has 3 rings (SSSR count). The van der Waals surface area contributed by atoms with E-state index >= 15 is 0 Å². The van der Waals surface area contributed by atoms with Gasteiger partial charge in [0.15, 0.2) is 0 Å². The number of rotatable bonds is 4. The fraction of sp³-hybridized carbons (Fsp3) is 0.706. The monoisotopic (exact) mass is 322 g/mol. The van der Waals surface area contributed by atoms with E-state index in [4.69, 9.17) is 4.74 Å². The van der Waals surface area contributed by atoms with Crippen LogP contribution in [-0.2, 0) is 4.74 Å². The van der Waals surface area contributed by atoms with Gasteiger partial charge in [-0.25, -0.2) is 0 Å². The molecule has 1 aromatic heterocycles. The topological polar surface area (TPSA) is 32.8 Å². The lowest BCUT2D eigenvalue weighted by atomic mass is 9.98. The number of aryl methyl sites for hydroxylation is 1. The number of nitrogens with zero attached hydrogens (tertiary/aromatic N) is 2. The summed E-state index contributed by atoms with van der Waals surface area (Å²) in [6.07, 6.45) is 4.64. The second-order valence-corrected chi connectivity index (χ2v) is 7.59. The third-order valence-corrected chi connectivity index (χ3v) is 5.71. The number of morpholine rings is 1. The number of carbonyl (C=O) groups is 1. The van der Waals surface area contributed by atoms with Crippen LogP contribution in [0.2, 0.25) is 0 Å². The molecule has 0 aliphatic carbocycles. The first-order valence-electron chi connectivity index (χ1n) is 8.41. The molecule has 1 aromatic rings. The van der Waals surface area contributed by atoms with Crippen LogP contribution in [-0.4, -0.2) is 61.1 Å². The second-order valence-electron chi connectivity index (χ2n) is 6.30. The summed E-state index contributed by atoms with van der Waals surface area (Å²) in [5.41, 5.74) is 0. The fourth-order valence-corrected chi connectivity index (χ4v) is 4.24. The van der Waals surface area contributed by atoms with E-state index in [1.807, 2.05) is 12.1 Å². The molecule has 0 N–H and O–H groups in total. The van der Waals surface area contributed by atoms with E-state index in [0.29, 0.717) is 6.04 Å². The van der Waals surface area contributed by atoms with Gasteiger partial charge in [-0.1, -0.05) is 0 Å². The first-order chi connectivity index (χ1) is 10.7. The molecule has 1 amide bonds. The van der Waals surface area contributed by atoms with E-state index in [-0.39, 0.29) is 5.91 Å². The maximum Gasteiger partial charge on any atom is 0.264 e. The van der Waals surface area contributed by atoms with Crippen molar-refractivity contribution in [3.05, 3.63) is 21.9 Å². The molecule has 0 unspecified atom stereocenters. The molecular weight excluding hydrogens is 296 g/mol. The van der Waals surface area contributed by atoms with Crippen molar-refractivity contribution >= 4 is 17.2 Å². The zero-order valence-corrected chi connectivity index (χ0v) is 14.2. The van der Waals surface area contributed by atoms with Gasteiger partial charge in [0.25, 0.3) is 5.91 Å². The van der Waals surface area contributed by atoms with Crippen LogP contribution in [0.3, 0.4) is 0 Å². The number of ether oxygens (including phenoxy) is 1. The summed E-state index contributed by atoms with van der Waals surface area (Å²) in [6.45, 7) is 7.83. The molecular formula is C17H26N2O2S. The van der Waals surface area contributed by atoms with E-state index in [2.05, 4.69) is 16.7 Å². The van der Waals surface area contributed by atoms with Crippen molar-refractivity contribution < 1.29 is 9.53 Å². The van der Waals surface area contributed by atoms with Crippen molar-refractivity contribution in [2.45, 2.75) is 38.6 Å². The first kappa shape index (κ1) is 16.0. The lowest BCUT2D eigenvalue weighted by molar-refractivity contribution is 0.0296. The molecule has 1 atom stereocenters. The van der Waals surface area contributed by atoms with Crippen molar-refractivity contribution in [1.29, 1.82) is 0 Å². The van der Waals surface area contributed by atoms with Gasteiger partial charge in [-0.3, -0.25) is 9.69 Å². The van der Waals surface area contributed by atoms with Gasteiger partial charge in [0.05, 0.1) is 18.1 Å². The number of amides is 1. The van der Waals surface area contributed by atoms with Crippen molar-refractivity contribution in [2.24, 2.45) is 0 Å². The SMILES string of the molecule is Cc1ccc(C(=O)N2CCCC[C@H]2CCN2CCOCC2)s1. The van der Waals surface area contributed by atoms with Crippen LogP contribution < -0.4 is 0 Å². The third-order valence-electron chi connectivity index (χ3n) is 4.72. The molecule has 3 heterocycles. The van der Waals surface area contributed by atoms with Crippen LogP contribution >= 0.6 is 11.3 Å². The molecule has 5 heteroatoms. The van der Waals surface area contributed by atoms with Crippen LogP contribution in [0.4, 0.5) is 0 Å². The first-order valence-corrected chi connectivity index (χ1v) is 9.23. The molecule has 0 spiro atoms. The number of hydrogen-bond acceptors (Lipinski definition) is 4. The molecule has 122 valence electrons. The number of piperidine rings is 1. The smallest absolute Gasteiger partial charge is 0.264 e. The molecule has 4 nitrogen and oxygen atoms in total. The highest BCUT2D eigenvalue weighted by atomic mass is 32.1. The van der Waals surface area contributed by atoms with Gasteiger partial charge in [-0.15, -0.1) is 11.3 Å². The molecule has 2 aliphatic rings. The van der Waals surface area contributed by atoms with Gasteiger partial charge in [0.1, 0.15) is 0 Å². The van der Waals surface area contributed by atoms with Crippen molar-refractivity contribution in [3.8, 4) is 0 Å². The maximum absolute atomic E-state index is 12.8. The summed E-state index contributed by atoms with van der Waals surface area (Å²) >= 11 is 1.62. The Hall–Kier alpha value is -0.910. The molecule has 0 saturated carbocycles. The summed E-state index contributed by atoms with van der Waals surface area (Å²) in [5.74, 6) is 0.241. The fourth-order valence-electron chi connectivity index (χ4n) is 3.42. The molecule has 0 aromatic carbocycles. The second kappa shape index (κ2) is 7.57. The Morgan fingerprint density at radius 3 is 2.82 bits per heavy atom. The molecule has 0 radical (unpaired) electrons. The summed E-state index contributed by atoms with van der Waals surface area (Å²) < 4.78 is 5.41. The van der Waals surface area contributed by atoms with Crippen molar-refractivity contribution in [1.82, 2.24) is 9.80 Å². The minimum Gasteiger partial charge on any atom is -0.379 e. The Kier molecular flexibility index (Phi) is 5.50. The predicted octanol–water partition coefficient (Wildman–Crippen LogP) is 2.77. The van der Waals surface area contributed by atoms with E-state index in [1.165, 1.54) is 11.3 Å². The van der Waals surface area contributed by atoms with Gasteiger partial charge < -0.3 is 9.64 Å². The van der Waals surface area contributed by atoms with E-state index in [9.17, 15) is 4.79 Å². The van der Waals surface area contributed by atoms with Crippen LogP contribution in [0.1, 0.15) is 40.2 Å². The minimum atomic E-state index is 0.241. The summed E-state index contributed by atoms with van der Waals surface area (Å²) in [6, 6.07) is 4.44. The molecule has 0 bridgehead atoms. The Morgan fingerprint density at radius 1 is 1.27 bits per heavy atom. The van der Waals surface area contributed by atoms with Crippen LogP contribution in [0.25, 0.3) is 0 Å². The Bertz CT molecular complexity index is 497. The largest absolute Gasteiger partial charge is 0.379 e. The van der Waals surface area contributed by atoms with E-state index in [1.54, 1.807) is 11.3 Å². The lowest BCUT2D eigenvalue weighted by Crippen LogP contribution is -2.46. The average Bonchev–Trinajstić information content (AvgIpc) is 3.00. The standard InChI is InChI=1S/C17H26N2O2S/c1-14-5-6-16(22-14)17(20)19-8-3-2-4-15(19)7-9-18-10-12-21-13-11-18/h5-6,15H,2-4,7-13H2,1H3/t15-/m0/s1. The van der Waals surface area contributed by atoms with Gasteiger partial charge in [-0.2, -0.15) is 0 Å². The highest BCUT2D eigenvalue weighted by Crippen LogP contribution is 2.25. The van der Waals surface area contributed by atoms with Crippen LogP contribution in [0.15, 0.2) is 12.1 Å². The zero-order valence-electron chi connectivity index (χ0n) is 13.4. The van der Waals surface area contributed by atoms with E-state index in [0.717, 1.165) is 63.5 Å². The van der Waals surface area contributed by atoms with Gasteiger partial charge in [-0.05, 0) is 44.7 Å². The third kappa shape index (κ3) is 3.89. The number of carbonyl (C=O) groups excluding carboxylic acids is 1. The quantitative estimate of drug-likeness (QED) is 0.854. The van der Waals surface area contributed by atoms with Crippen LogP contribution in [0, 0.1) is 6.92 Å². The van der Waals surface area contributed by atoms with Gasteiger partial charge in [0.2, 0.25) is 0 Å². The molecule has 22 heavy (non-hydrogen) atoms. The Morgan fingerprint density at radius 2 is 2.09 bits per heavy atom. The van der Waals surface area contributed by atoms with Crippen molar-refractivity contribution in [3.63, 3.8) is 0 Å². The van der Waals surface area contributed by atoms with Gasteiger partial charge >= 0.3 is 0 Å². The number of hydrogen-bond donors (Lipinski definition) is 0. The Labute approximate surface area is 137 Å². The predicted molar refractivity (Wildman–Crippen MR) is 89.6 cm³/mol. The summed E-state index contributed by atoms with van der Waals surface area (Å²) in [4.78, 5) is 19.5. The normalized spacial score (nSPS) is 23.7. The molecule has 2 fully saturated rings. The summed E-state index contributed by atoms with van der Waals surface area (Å²) in [5, 5.41) is 0. The molecule has 2 saturated heterocycles. The van der Waals surface area contributed by atoms with Crippen LogP contribution in [0.5, 0.6) is 0 Å². The highest BCUT2D eigenvalue weighted by molar-refractivity contribution is 7.13. The minimum absolute atomic E-state index is 0.241. The summed E-state index contributed by atoms with van der Waals surface area (Å²) in [7, 11) is 0. The Balaban J connectivity index is 1.59. The number of thiophene rings is 1. The molecule has 2 aliphatic heterocycles. The highest BCUT2D eigenvalue weighted by Gasteiger charge is 2.28.